The second-order valence-corrected chi connectivity index (χ2v) is 3.22. The highest BCUT2D eigenvalue weighted by atomic mass is 32.2. The quantitative estimate of drug-likeness (QED) is 0.602. The van der Waals surface area contributed by atoms with Gasteiger partial charge in [0, 0.05) is 12.2 Å². The molecule has 0 aliphatic carbocycles. The van der Waals surface area contributed by atoms with E-state index < -0.39 is 0 Å². The lowest BCUT2D eigenvalue weighted by molar-refractivity contribution is -0.109. The molecule has 0 aromatic carbocycles. The molecule has 1 atom stereocenters. The summed E-state index contributed by atoms with van der Waals surface area (Å²) in [5, 5.41) is 8.52. The summed E-state index contributed by atoms with van der Waals surface area (Å²) >= 11 is 1.17. The molecule has 0 saturated carbocycles. The van der Waals surface area contributed by atoms with Crippen molar-refractivity contribution < 1.29 is 9.90 Å². The molecule has 0 aromatic heterocycles. The van der Waals surface area contributed by atoms with Crippen molar-refractivity contribution in [2.24, 2.45) is 0 Å². The fourth-order valence-corrected chi connectivity index (χ4v) is 0.962. The smallest absolute Gasteiger partial charge is 0.186 e. The predicted molar refractivity (Wildman–Crippen MR) is 34.8 cm³/mol. The molecule has 1 N–H and O–H groups in total. The van der Waals surface area contributed by atoms with E-state index in [4.69, 9.17) is 5.11 Å². The van der Waals surface area contributed by atoms with Gasteiger partial charge >= 0.3 is 0 Å². The molecule has 0 aliphatic heterocycles. The Morgan fingerprint density at radius 3 is 2.50 bits per heavy atom. The standard InChI is InChI=1S/C5H10O2S/c1-4(3-6)8-5(2)7/h4,6H,3H2,1-2H3. The van der Waals surface area contributed by atoms with E-state index in [1.165, 1.54) is 18.7 Å². The van der Waals surface area contributed by atoms with Crippen LogP contribution in [0.3, 0.4) is 0 Å². The molecule has 0 aliphatic rings. The van der Waals surface area contributed by atoms with Gasteiger partial charge in [0.05, 0.1) is 6.61 Å². The molecule has 0 bridgehead atoms. The van der Waals surface area contributed by atoms with Crippen LogP contribution in [0.1, 0.15) is 13.8 Å². The molecule has 48 valence electrons. The van der Waals surface area contributed by atoms with Gasteiger partial charge in [0.2, 0.25) is 0 Å². The van der Waals surface area contributed by atoms with Crippen LogP contribution in [-0.4, -0.2) is 22.1 Å². The lowest BCUT2D eigenvalue weighted by atomic mass is 10.5. The van der Waals surface area contributed by atoms with Gasteiger partial charge in [-0.1, -0.05) is 18.7 Å². The summed E-state index contributed by atoms with van der Waals surface area (Å²) in [5.74, 6) is 0. The molecule has 0 saturated heterocycles. The van der Waals surface area contributed by atoms with Gasteiger partial charge < -0.3 is 5.11 Å². The topological polar surface area (TPSA) is 37.3 Å². The van der Waals surface area contributed by atoms with E-state index in [-0.39, 0.29) is 17.0 Å². The Morgan fingerprint density at radius 2 is 2.38 bits per heavy atom. The van der Waals surface area contributed by atoms with Gasteiger partial charge in [-0.25, -0.2) is 0 Å². The third kappa shape index (κ3) is 4.15. The maximum Gasteiger partial charge on any atom is 0.186 e. The number of carbonyl (C=O) groups is 1. The summed E-state index contributed by atoms with van der Waals surface area (Å²) < 4.78 is 0. The third-order valence-electron chi connectivity index (χ3n) is 0.624. The molecule has 0 rings (SSSR count). The van der Waals surface area contributed by atoms with E-state index in [0.717, 1.165) is 0 Å². The van der Waals surface area contributed by atoms with Gasteiger partial charge in [-0.2, -0.15) is 0 Å². The zero-order valence-electron chi connectivity index (χ0n) is 5.05. The Kier molecular flexibility index (Phi) is 3.91. The van der Waals surface area contributed by atoms with Gasteiger partial charge in [0.25, 0.3) is 0 Å². The number of rotatable bonds is 2. The van der Waals surface area contributed by atoms with E-state index in [1.54, 1.807) is 0 Å². The predicted octanol–water partition coefficient (Wildman–Crippen LogP) is 0.647. The molecule has 0 spiro atoms. The summed E-state index contributed by atoms with van der Waals surface area (Å²) in [6.45, 7) is 3.38. The summed E-state index contributed by atoms with van der Waals surface area (Å²) in [6.07, 6.45) is 0. The van der Waals surface area contributed by atoms with E-state index in [9.17, 15) is 4.79 Å². The molecule has 0 heterocycles. The number of aliphatic hydroxyl groups is 1. The van der Waals surface area contributed by atoms with Crippen LogP contribution in [0.15, 0.2) is 0 Å². The zero-order valence-corrected chi connectivity index (χ0v) is 5.86. The maximum absolute atomic E-state index is 10.3. The molecule has 2 nitrogen and oxygen atoms in total. The Labute approximate surface area is 53.3 Å². The van der Waals surface area contributed by atoms with Crippen molar-refractivity contribution in [1.82, 2.24) is 0 Å². The van der Waals surface area contributed by atoms with Crippen LogP contribution >= 0.6 is 11.8 Å². The summed E-state index contributed by atoms with van der Waals surface area (Å²) in [5.41, 5.74) is 0. The van der Waals surface area contributed by atoms with Crippen molar-refractivity contribution in [2.45, 2.75) is 19.1 Å². The van der Waals surface area contributed by atoms with Crippen LogP contribution in [0.5, 0.6) is 0 Å². The minimum Gasteiger partial charge on any atom is -0.395 e. The van der Waals surface area contributed by atoms with Crippen LogP contribution in [0.4, 0.5) is 0 Å². The molecule has 8 heavy (non-hydrogen) atoms. The van der Waals surface area contributed by atoms with Gasteiger partial charge in [-0.15, -0.1) is 0 Å². The summed E-state index contributed by atoms with van der Waals surface area (Å²) in [7, 11) is 0. The van der Waals surface area contributed by atoms with Gasteiger partial charge in [-0.05, 0) is 0 Å². The molecule has 3 heteroatoms. The lowest BCUT2D eigenvalue weighted by Crippen LogP contribution is -2.04. The first-order chi connectivity index (χ1) is 3.66. The largest absolute Gasteiger partial charge is 0.395 e. The van der Waals surface area contributed by atoms with E-state index in [0.29, 0.717) is 0 Å². The highest BCUT2D eigenvalue weighted by Crippen LogP contribution is 2.08. The first-order valence-corrected chi connectivity index (χ1v) is 3.33. The Hall–Kier alpha value is -0.0200. The van der Waals surface area contributed by atoms with Crippen molar-refractivity contribution >= 4 is 16.9 Å². The van der Waals surface area contributed by atoms with Crippen LogP contribution in [0, 0.1) is 0 Å². The maximum atomic E-state index is 10.3. The number of hydrogen-bond acceptors (Lipinski definition) is 3. The Balaban J connectivity index is 3.24. The zero-order chi connectivity index (χ0) is 6.57. The van der Waals surface area contributed by atoms with Crippen LogP contribution in [0.25, 0.3) is 0 Å². The molecule has 0 amide bonds. The van der Waals surface area contributed by atoms with Crippen LogP contribution in [-0.2, 0) is 4.79 Å². The van der Waals surface area contributed by atoms with E-state index in [1.807, 2.05) is 6.92 Å². The minimum absolute atomic E-state index is 0.0486. The average molecular weight is 134 g/mol. The fourth-order valence-electron chi connectivity index (χ4n) is 0.321. The highest BCUT2D eigenvalue weighted by molar-refractivity contribution is 8.14. The van der Waals surface area contributed by atoms with Gasteiger partial charge in [-0.3, -0.25) is 4.79 Å². The molecular formula is C5H10O2S. The molecule has 0 aromatic rings. The first-order valence-electron chi connectivity index (χ1n) is 2.45. The van der Waals surface area contributed by atoms with Gasteiger partial charge in [0.15, 0.2) is 5.12 Å². The third-order valence-corrected chi connectivity index (χ3v) is 1.51. The van der Waals surface area contributed by atoms with E-state index in [2.05, 4.69) is 0 Å². The normalized spacial score (nSPS) is 13.4. The van der Waals surface area contributed by atoms with Crippen molar-refractivity contribution in [3.8, 4) is 0 Å². The molecular weight excluding hydrogens is 124 g/mol. The molecule has 1 unspecified atom stereocenters. The van der Waals surface area contributed by atoms with Crippen LogP contribution < -0.4 is 0 Å². The highest BCUT2D eigenvalue weighted by Gasteiger charge is 2.01. The molecule has 0 radical (unpaired) electrons. The van der Waals surface area contributed by atoms with Crippen molar-refractivity contribution in [3.05, 3.63) is 0 Å². The average Bonchev–Trinajstić information content (AvgIpc) is 1.65. The number of aliphatic hydroxyl groups excluding tert-OH is 1. The van der Waals surface area contributed by atoms with Gasteiger partial charge in [0.1, 0.15) is 0 Å². The first kappa shape index (κ1) is 7.98. The number of hydrogen-bond donors (Lipinski definition) is 1. The van der Waals surface area contributed by atoms with Crippen LogP contribution in [0.2, 0.25) is 0 Å². The number of carbonyl (C=O) groups excluding carboxylic acids is 1. The van der Waals surface area contributed by atoms with Crippen molar-refractivity contribution in [2.75, 3.05) is 6.61 Å². The fraction of sp³-hybridized carbons (Fsp3) is 0.800. The number of thioether (sulfide) groups is 1. The van der Waals surface area contributed by atoms with E-state index >= 15 is 0 Å². The minimum atomic E-state index is 0.0486. The van der Waals surface area contributed by atoms with Crippen molar-refractivity contribution in [1.29, 1.82) is 0 Å². The Morgan fingerprint density at radius 1 is 1.88 bits per heavy atom. The summed E-state index contributed by atoms with van der Waals surface area (Å²) in [4.78, 5) is 10.3. The van der Waals surface area contributed by atoms with Crippen molar-refractivity contribution in [3.63, 3.8) is 0 Å². The molecule has 0 fully saturated rings. The second-order valence-electron chi connectivity index (χ2n) is 1.60. The lowest BCUT2D eigenvalue weighted by Gasteiger charge is -2.00. The summed E-state index contributed by atoms with van der Waals surface area (Å²) in [6, 6.07) is 0. The SMILES string of the molecule is CC(=O)SC(C)CO. The monoisotopic (exact) mass is 134 g/mol. The Bertz CT molecular complexity index is 82.5. The second kappa shape index (κ2) is 3.92.